The molecule has 5 nitrogen and oxygen atoms in total. The lowest BCUT2D eigenvalue weighted by Crippen LogP contribution is -2.45. The van der Waals surface area contributed by atoms with Crippen LogP contribution in [0.5, 0.6) is 0 Å². The van der Waals surface area contributed by atoms with Gasteiger partial charge >= 0.3 is 0 Å². The van der Waals surface area contributed by atoms with Gasteiger partial charge in [0.1, 0.15) is 17.6 Å². The zero-order valence-electron chi connectivity index (χ0n) is 15.6. The molecule has 2 heterocycles. The summed E-state index contributed by atoms with van der Waals surface area (Å²) in [4.78, 5) is 11.9. The van der Waals surface area contributed by atoms with Crippen LogP contribution in [0.1, 0.15) is 47.1 Å². The third-order valence-electron chi connectivity index (χ3n) is 6.64. The van der Waals surface area contributed by atoms with Crippen LogP contribution in [-0.4, -0.2) is 23.1 Å². The summed E-state index contributed by atoms with van der Waals surface area (Å²) in [5.41, 5.74) is 12.9. The van der Waals surface area contributed by atoms with Crippen LogP contribution in [0, 0.1) is 23.7 Å². The number of nitrogens with two attached hydrogens (primary N) is 1. The summed E-state index contributed by atoms with van der Waals surface area (Å²) >= 11 is 0. The Kier molecular flexibility index (Phi) is 3.60. The van der Waals surface area contributed by atoms with E-state index in [2.05, 4.69) is 35.2 Å². The van der Waals surface area contributed by atoms with Crippen LogP contribution in [0.15, 0.2) is 30.3 Å². The lowest BCUT2D eigenvalue weighted by molar-refractivity contribution is 0.187. The fraction of sp³-hybridized carbons (Fsp3) is 0.409. The topological polar surface area (TPSA) is 78.8 Å². The molecule has 1 aliphatic heterocycles. The number of piperidine rings is 1. The number of hydrogen-bond donors (Lipinski definition) is 1. The lowest BCUT2D eigenvalue weighted by atomic mass is 9.73. The molecule has 1 aromatic carbocycles. The van der Waals surface area contributed by atoms with Crippen molar-refractivity contribution >= 4 is 11.4 Å². The van der Waals surface area contributed by atoms with Crippen molar-refractivity contribution in [3.05, 3.63) is 58.6 Å². The van der Waals surface area contributed by atoms with Crippen LogP contribution >= 0.6 is 0 Å². The summed E-state index contributed by atoms with van der Waals surface area (Å²) in [5, 5.41) is 9.23. The van der Waals surface area contributed by atoms with Gasteiger partial charge in [-0.2, -0.15) is 5.26 Å². The van der Waals surface area contributed by atoms with Crippen molar-refractivity contribution in [1.82, 2.24) is 9.97 Å². The Labute approximate surface area is 159 Å². The lowest BCUT2D eigenvalue weighted by Gasteiger charge is -2.43. The number of nitriles is 1. The van der Waals surface area contributed by atoms with Gasteiger partial charge in [0.25, 0.3) is 0 Å². The van der Waals surface area contributed by atoms with Gasteiger partial charge in [0.2, 0.25) is 0 Å². The van der Waals surface area contributed by atoms with E-state index in [1.54, 1.807) is 0 Å². The van der Waals surface area contributed by atoms with Crippen LogP contribution in [0.4, 0.5) is 5.82 Å². The average Bonchev–Trinajstić information content (AvgIpc) is 3.21. The second-order valence-corrected chi connectivity index (χ2v) is 8.06. The minimum atomic E-state index is 0.130. The van der Waals surface area contributed by atoms with Crippen LogP contribution in [0.2, 0.25) is 0 Å². The van der Waals surface area contributed by atoms with Crippen molar-refractivity contribution < 1.29 is 0 Å². The van der Waals surface area contributed by atoms with E-state index in [1.807, 2.05) is 13.0 Å². The van der Waals surface area contributed by atoms with Crippen molar-refractivity contribution in [2.45, 2.75) is 38.6 Å². The number of fused-ring (bicyclic) bond motifs is 2. The van der Waals surface area contributed by atoms with E-state index in [0.29, 0.717) is 12.0 Å². The van der Waals surface area contributed by atoms with E-state index in [1.165, 1.54) is 11.1 Å². The van der Waals surface area contributed by atoms with Gasteiger partial charge < -0.3 is 10.6 Å². The minimum Gasteiger partial charge on any atom is -0.355 e. The summed E-state index contributed by atoms with van der Waals surface area (Å²) in [5.74, 6) is 0.972. The molecule has 3 aliphatic rings. The maximum absolute atomic E-state index is 9.23. The molecule has 1 atom stereocenters. The highest BCUT2D eigenvalue weighted by molar-refractivity contribution is 5.79. The summed E-state index contributed by atoms with van der Waals surface area (Å²) in [6.07, 6.45) is 5.86. The number of aromatic nitrogens is 2. The standard InChI is InChI=1S/C22H23N5/c1-14-21(26-18-7-6-16(13-23)19(18)25-14)27-10-8-22(9-11-27)12-15-4-2-3-5-17(15)20(22)24/h2-6,20H,7-12,24H2,1H3/t20-/m1/s1. The van der Waals surface area contributed by atoms with E-state index in [0.717, 1.165) is 55.3 Å². The van der Waals surface area contributed by atoms with E-state index in [-0.39, 0.29) is 11.5 Å². The number of rotatable bonds is 1. The largest absolute Gasteiger partial charge is 0.355 e. The minimum absolute atomic E-state index is 0.130. The van der Waals surface area contributed by atoms with Crippen molar-refractivity contribution in [3.63, 3.8) is 0 Å². The number of allylic oxidation sites excluding steroid dienone is 2. The number of aryl methyl sites for hydroxylation is 1. The molecule has 2 aliphatic carbocycles. The molecule has 1 fully saturated rings. The maximum Gasteiger partial charge on any atom is 0.150 e. The fourth-order valence-corrected chi connectivity index (χ4v) is 5.06. The van der Waals surface area contributed by atoms with Gasteiger partial charge in [-0.25, -0.2) is 9.97 Å². The van der Waals surface area contributed by atoms with E-state index in [4.69, 9.17) is 15.7 Å². The monoisotopic (exact) mass is 357 g/mol. The first-order valence-corrected chi connectivity index (χ1v) is 9.68. The van der Waals surface area contributed by atoms with Crippen molar-refractivity contribution in [1.29, 1.82) is 5.26 Å². The molecule has 2 N–H and O–H groups in total. The van der Waals surface area contributed by atoms with Crippen molar-refractivity contribution in [3.8, 4) is 6.07 Å². The molecule has 27 heavy (non-hydrogen) atoms. The molecule has 1 aromatic heterocycles. The van der Waals surface area contributed by atoms with Crippen LogP contribution in [0.25, 0.3) is 5.57 Å². The molecular formula is C22H23N5. The fourth-order valence-electron chi connectivity index (χ4n) is 5.06. The Morgan fingerprint density at radius 3 is 2.74 bits per heavy atom. The second-order valence-electron chi connectivity index (χ2n) is 8.06. The van der Waals surface area contributed by atoms with Crippen molar-refractivity contribution in [2.75, 3.05) is 18.0 Å². The normalized spacial score (nSPS) is 22.3. The van der Waals surface area contributed by atoms with Crippen molar-refractivity contribution in [2.24, 2.45) is 11.1 Å². The van der Waals surface area contributed by atoms with E-state index < -0.39 is 0 Å². The Morgan fingerprint density at radius 1 is 1.22 bits per heavy atom. The summed E-state index contributed by atoms with van der Waals surface area (Å²) in [6.45, 7) is 3.90. The van der Waals surface area contributed by atoms with Gasteiger partial charge in [0, 0.05) is 25.6 Å². The van der Waals surface area contributed by atoms with Crippen LogP contribution in [-0.2, 0) is 12.8 Å². The quantitative estimate of drug-likeness (QED) is 0.848. The zero-order chi connectivity index (χ0) is 18.6. The highest BCUT2D eigenvalue weighted by Gasteiger charge is 2.46. The molecule has 0 bridgehead atoms. The number of hydrogen-bond acceptors (Lipinski definition) is 5. The Hall–Kier alpha value is -2.71. The Balaban J connectivity index is 1.38. The van der Waals surface area contributed by atoms with Crippen LogP contribution < -0.4 is 10.6 Å². The summed E-state index contributed by atoms with van der Waals surface area (Å²) in [7, 11) is 0. The van der Waals surface area contributed by atoms with Gasteiger partial charge in [-0.3, -0.25) is 0 Å². The van der Waals surface area contributed by atoms with Gasteiger partial charge in [-0.15, -0.1) is 0 Å². The Bertz CT molecular complexity index is 992. The number of benzene rings is 1. The average molecular weight is 357 g/mol. The molecule has 5 heteroatoms. The predicted octanol–water partition coefficient (Wildman–Crippen LogP) is 3.09. The highest BCUT2D eigenvalue weighted by Crippen LogP contribution is 2.51. The van der Waals surface area contributed by atoms with E-state index >= 15 is 0 Å². The van der Waals surface area contributed by atoms with Gasteiger partial charge in [-0.05, 0) is 42.7 Å². The Morgan fingerprint density at radius 2 is 2.00 bits per heavy atom. The van der Waals surface area contributed by atoms with Gasteiger partial charge in [0.15, 0.2) is 0 Å². The number of anilines is 1. The molecule has 0 amide bonds. The maximum atomic E-state index is 9.23. The second kappa shape index (κ2) is 5.90. The van der Waals surface area contributed by atoms with Gasteiger partial charge in [0.05, 0.1) is 17.0 Å². The molecular weight excluding hydrogens is 334 g/mol. The summed E-state index contributed by atoms with van der Waals surface area (Å²) in [6, 6.07) is 11.0. The molecule has 1 saturated heterocycles. The number of nitrogens with zero attached hydrogens (tertiary/aromatic N) is 4. The van der Waals surface area contributed by atoms with E-state index in [9.17, 15) is 5.26 Å². The molecule has 5 rings (SSSR count). The zero-order valence-corrected chi connectivity index (χ0v) is 15.6. The predicted molar refractivity (Wildman–Crippen MR) is 105 cm³/mol. The molecule has 0 unspecified atom stereocenters. The first-order chi connectivity index (χ1) is 13.1. The molecule has 1 spiro atoms. The SMILES string of the molecule is Cc1nc2c(nc1N1CCC3(CC1)Cc1ccccc1[C@H]3N)CC=C2C#N. The highest BCUT2D eigenvalue weighted by atomic mass is 15.2. The summed E-state index contributed by atoms with van der Waals surface area (Å²) < 4.78 is 0. The molecule has 0 radical (unpaired) electrons. The van der Waals surface area contributed by atoms with Gasteiger partial charge in [-0.1, -0.05) is 30.3 Å². The van der Waals surface area contributed by atoms with Crippen LogP contribution in [0.3, 0.4) is 0 Å². The molecule has 0 saturated carbocycles. The first kappa shape index (κ1) is 16.5. The smallest absolute Gasteiger partial charge is 0.150 e. The molecule has 2 aromatic rings. The molecule has 136 valence electrons. The third-order valence-corrected chi connectivity index (χ3v) is 6.64. The first-order valence-electron chi connectivity index (χ1n) is 9.68. The third kappa shape index (κ3) is 2.40.